The first-order chi connectivity index (χ1) is 18.6. The van der Waals surface area contributed by atoms with E-state index in [1.807, 2.05) is 19.1 Å². The molecule has 0 radical (unpaired) electrons. The zero-order valence-corrected chi connectivity index (χ0v) is 22.4. The predicted molar refractivity (Wildman–Crippen MR) is 145 cm³/mol. The summed E-state index contributed by atoms with van der Waals surface area (Å²) in [4.78, 5) is 29.4. The number of nitriles is 1. The third kappa shape index (κ3) is 6.70. The zero-order chi connectivity index (χ0) is 28.2. The lowest BCUT2D eigenvalue weighted by molar-refractivity contribution is -0.121. The summed E-state index contributed by atoms with van der Waals surface area (Å²) in [6.07, 6.45) is 4.94. The minimum absolute atomic E-state index is 0.0382. The van der Waals surface area contributed by atoms with Crippen LogP contribution in [0.4, 0.5) is 10.1 Å². The molecule has 0 unspecified atom stereocenters. The Morgan fingerprint density at radius 3 is 2.59 bits per heavy atom. The summed E-state index contributed by atoms with van der Waals surface area (Å²) in [5.74, 6) is -0.472. The van der Waals surface area contributed by atoms with Crippen LogP contribution >= 0.6 is 0 Å². The Balaban J connectivity index is 1.59. The maximum atomic E-state index is 14.3. The minimum Gasteiger partial charge on any atom is -0.387 e. The minimum atomic E-state index is -1.64. The van der Waals surface area contributed by atoms with Gasteiger partial charge in [-0.15, -0.1) is 0 Å². The maximum Gasteiger partial charge on any atom is 0.255 e. The number of fused-ring (bicyclic) bond motifs is 1. The number of hydrogen-bond acceptors (Lipinski definition) is 7. The number of nitrogens with zero attached hydrogens (tertiary/aromatic N) is 4. The van der Waals surface area contributed by atoms with Crippen molar-refractivity contribution in [2.75, 3.05) is 11.9 Å². The molecule has 2 amide bonds. The van der Waals surface area contributed by atoms with Crippen LogP contribution in [0.1, 0.15) is 68.8 Å². The summed E-state index contributed by atoms with van der Waals surface area (Å²) in [7, 11) is 0. The predicted octanol–water partition coefficient (Wildman–Crippen LogP) is 3.36. The Bertz CT molecular complexity index is 1380. The number of amides is 2. The van der Waals surface area contributed by atoms with E-state index in [2.05, 4.69) is 32.1 Å². The van der Waals surface area contributed by atoms with Gasteiger partial charge in [0.05, 0.1) is 52.1 Å². The van der Waals surface area contributed by atoms with Crippen molar-refractivity contribution in [3.8, 4) is 17.5 Å². The van der Waals surface area contributed by atoms with Crippen LogP contribution in [0.3, 0.4) is 0 Å². The van der Waals surface area contributed by atoms with Gasteiger partial charge in [0.25, 0.3) is 5.91 Å². The average Bonchev–Trinajstić information content (AvgIpc) is 3.35. The van der Waals surface area contributed by atoms with Crippen molar-refractivity contribution in [1.29, 1.82) is 5.26 Å². The van der Waals surface area contributed by atoms with Gasteiger partial charge >= 0.3 is 0 Å². The SMILES string of the molecule is CCC(=O)NC1CCC(Nc2cc(-c3ccc4cc(C#N)cnn34)ncc2C(=O)NC[C@@H](F)C(C)(C)O)CC1. The molecule has 3 aromatic heterocycles. The maximum absolute atomic E-state index is 14.3. The van der Waals surface area contributed by atoms with Gasteiger partial charge in [-0.2, -0.15) is 10.4 Å². The van der Waals surface area contributed by atoms with Crippen molar-refractivity contribution in [2.24, 2.45) is 0 Å². The number of carbonyl (C=O) groups excluding carboxylic acids is 2. The van der Waals surface area contributed by atoms with Crippen molar-refractivity contribution >= 4 is 23.0 Å². The van der Waals surface area contributed by atoms with Gasteiger partial charge in [0.15, 0.2) is 0 Å². The fourth-order valence-corrected chi connectivity index (χ4v) is 4.61. The zero-order valence-electron chi connectivity index (χ0n) is 22.4. The van der Waals surface area contributed by atoms with E-state index >= 15 is 0 Å². The Labute approximate surface area is 226 Å². The van der Waals surface area contributed by atoms with Crippen LogP contribution in [-0.2, 0) is 4.79 Å². The molecule has 4 rings (SSSR count). The van der Waals surface area contributed by atoms with Crippen molar-refractivity contribution in [3.63, 3.8) is 0 Å². The van der Waals surface area contributed by atoms with Crippen LogP contribution in [-0.4, -0.2) is 61.9 Å². The molecule has 3 heterocycles. The molecule has 11 heteroatoms. The third-order valence-electron chi connectivity index (χ3n) is 7.02. The lowest BCUT2D eigenvalue weighted by Crippen LogP contribution is -2.42. The topological polar surface area (TPSA) is 144 Å². The average molecular weight is 536 g/mol. The van der Waals surface area contributed by atoms with Crippen LogP contribution in [0.2, 0.25) is 0 Å². The van der Waals surface area contributed by atoms with Gasteiger partial charge in [0, 0.05) is 24.7 Å². The third-order valence-corrected chi connectivity index (χ3v) is 7.02. The van der Waals surface area contributed by atoms with Crippen molar-refractivity contribution < 1.29 is 19.1 Å². The summed E-state index contributed by atoms with van der Waals surface area (Å²) in [6, 6.07) is 9.44. The molecule has 10 nitrogen and oxygen atoms in total. The number of aliphatic hydroxyl groups is 1. The monoisotopic (exact) mass is 535 g/mol. The highest BCUT2D eigenvalue weighted by atomic mass is 19.1. The molecule has 1 aliphatic rings. The molecule has 0 spiro atoms. The molecule has 0 aliphatic heterocycles. The second kappa shape index (κ2) is 11.8. The number of carbonyl (C=O) groups is 2. The molecule has 1 atom stereocenters. The highest BCUT2D eigenvalue weighted by molar-refractivity contribution is 6.00. The lowest BCUT2D eigenvalue weighted by atomic mass is 9.90. The normalized spacial score (nSPS) is 18.3. The molecular formula is C28H34FN7O3. The highest BCUT2D eigenvalue weighted by Crippen LogP contribution is 2.29. The number of nitrogens with one attached hydrogen (secondary N) is 3. The van der Waals surface area contributed by atoms with E-state index < -0.39 is 17.7 Å². The van der Waals surface area contributed by atoms with E-state index in [9.17, 15) is 24.3 Å². The van der Waals surface area contributed by atoms with Gasteiger partial charge in [-0.3, -0.25) is 14.6 Å². The summed E-state index contributed by atoms with van der Waals surface area (Å²) < 4.78 is 16.0. The second-order valence-corrected chi connectivity index (χ2v) is 10.5. The van der Waals surface area contributed by atoms with E-state index in [1.165, 1.54) is 26.2 Å². The molecule has 39 heavy (non-hydrogen) atoms. The Kier molecular flexibility index (Phi) is 8.45. The summed E-state index contributed by atoms with van der Waals surface area (Å²) in [6.45, 7) is 4.18. The molecule has 1 aliphatic carbocycles. The number of aromatic nitrogens is 3. The van der Waals surface area contributed by atoms with E-state index in [4.69, 9.17) is 0 Å². The first-order valence-electron chi connectivity index (χ1n) is 13.2. The summed E-state index contributed by atoms with van der Waals surface area (Å²) in [5.41, 5.74) is 1.63. The van der Waals surface area contributed by atoms with Crippen molar-refractivity contribution in [2.45, 2.75) is 76.7 Å². The van der Waals surface area contributed by atoms with Gasteiger partial charge < -0.3 is 21.1 Å². The lowest BCUT2D eigenvalue weighted by Gasteiger charge is -2.31. The van der Waals surface area contributed by atoms with Gasteiger partial charge in [0.2, 0.25) is 5.91 Å². The van der Waals surface area contributed by atoms with Crippen LogP contribution in [0.5, 0.6) is 0 Å². The standard InChI is InChI=1S/C28H34FN7O3/c1-4-26(37)35-19-7-5-18(6-8-19)34-22-12-23(24-10-9-20-11-17(13-30)14-33-36(20)24)31-15-21(22)27(38)32-16-25(29)28(2,3)39/h9-12,14-15,18-19,25,39H,4-8,16H2,1-3H3,(H,31,34)(H,32,38)(H,35,37)/t18?,19?,25-/m1/s1. The molecule has 0 bridgehead atoms. The largest absolute Gasteiger partial charge is 0.387 e. The molecule has 206 valence electrons. The Hall–Kier alpha value is -4.04. The van der Waals surface area contributed by atoms with E-state index in [1.54, 1.807) is 16.6 Å². The molecule has 3 aromatic rings. The number of alkyl halides is 1. The number of rotatable bonds is 9. The molecule has 4 N–H and O–H groups in total. The number of anilines is 1. The van der Waals surface area contributed by atoms with Crippen LogP contribution in [0, 0.1) is 11.3 Å². The summed E-state index contributed by atoms with van der Waals surface area (Å²) >= 11 is 0. The second-order valence-electron chi connectivity index (χ2n) is 10.5. The molecule has 0 aromatic carbocycles. The van der Waals surface area contributed by atoms with Crippen LogP contribution in [0.25, 0.3) is 16.9 Å². The van der Waals surface area contributed by atoms with Crippen molar-refractivity contribution in [1.82, 2.24) is 25.2 Å². The quantitative estimate of drug-likeness (QED) is 0.329. The van der Waals surface area contributed by atoms with E-state index in [-0.39, 0.29) is 30.1 Å². The smallest absolute Gasteiger partial charge is 0.255 e. The highest BCUT2D eigenvalue weighted by Gasteiger charge is 2.28. The number of hydrogen-bond donors (Lipinski definition) is 4. The first kappa shape index (κ1) is 28.0. The first-order valence-corrected chi connectivity index (χ1v) is 13.2. The molecule has 0 saturated heterocycles. The van der Waals surface area contributed by atoms with E-state index in [0.717, 1.165) is 31.2 Å². The fourth-order valence-electron chi connectivity index (χ4n) is 4.61. The Morgan fingerprint density at radius 1 is 1.21 bits per heavy atom. The molecular weight excluding hydrogens is 501 g/mol. The Morgan fingerprint density at radius 2 is 1.92 bits per heavy atom. The van der Waals surface area contributed by atoms with E-state index in [0.29, 0.717) is 29.1 Å². The number of halogens is 1. The number of pyridine rings is 1. The summed E-state index contributed by atoms with van der Waals surface area (Å²) in [5, 5.41) is 32.5. The van der Waals surface area contributed by atoms with Gasteiger partial charge in [0.1, 0.15) is 12.2 Å². The molecule has 1 saturated carbocycles. The van der Waals surface area contributed by atoms with Gasteiger partial charge in [-0.05, 0) is 63.8 Å². The van der Waals surface area contributed by atoms with Crippen LogP contribution < -0.4 is 16.0 Å². The van der Waals surface area contributed by atoms with Crippen LogP contribution in [0.15, 0.2) is 36.7 Å². The van der Waals surface area contributed by atoms with Crippen molar-refractivity contribution in [3.05, 3.63) is 47.8 Å². The fraction of sp³-hybridized carbons (Fsp3) is 0.464. The van der Waals surface area contributed by atoms with Gasteiger partial charge in [-0.25, -0.2) is 8.91 Å². The van der Waals surface area contributed by atoms with Gasteiger partial charge in [-0.1, -0.05) is 6.92 Å². The molecule has 1 fully saturated rings.